The first kappa shape index (κ1) is 16.1. The molecule has 2 aliphatic rings. The van der Waals surface area contributed by atoms with Crippen molar-refractivity contribution in [2.24, 2.45) is 0 Å². The fraction of sp³-hybridized carbons (Fsp3) is 0.400. The molecule has 0 aliphatic heterocycles. The number of fused-ring (bicyclic) bond motifs is 1. The van der Waals surface area contributed by atoms with Crippen LogP contribution in [0.15, 0.2) is 36.5 Å². The summed E-state index contributed by atoms with van der Waals surface area (Å²) < 4.78 is 13.8. The van der Waals surface area contributed by atoms with Crippen LogP contribution in [0.4, 0.5) is 14.9 Å². The number of aryl methyl sites for hydroxylation is 1. The predicted octanol–water partition coefficient (Wildman–Crippen LogP) is 4.17. The zero-order valence-electron chi connectivity index (χ0n) is 14.1. The second kappa shape index (κ2) is 6.82. The molecule has 0 radical (unpaired) electrons. The third-order valence-corrected chi connectivity index (χ3v) is 5.30. The average molecular weight is 339 g/mol. The number of anilines is 1. The molecule has 0 spiro atoms. The number of aromatic nitrogens is 1. The van der Waals surface area contributed by atoms with Crippen LogP contribution in [0.25, 0.3) is 0 Å². The number of rotatable bonds is 3. The second-order valence-corrected chi connectivity index (χ2v) is 6.98. The SMILES string of the molecule is O=C(Nc1ccnc2c1CCCC2)NC1CC(c2ccccc2F)C1. The summed E-state index contributed by atoms with van der Waals surface area (Å²) in [6, 6.07) is 8.68. The molecule has 1 aromatic heterocycles. The largest absolute Gasteiger partial charge is 0.335 e. The molecule has 0 bridgehead atoms. The Hall–Kier alpha value is -2.43. The van der Waals surface area contributed by atoms with E-state index in [4.69, 9.17) is 0 Å². The summed E-state index contributed by atoms with van der Waals surface area (Å²) in [7, 11) is 0. The highest BCUT2D eigenvalue weighted by atomic mass is 19.1. The highest BCUT2D eigenvalue weighted by molar-refractivity contribution is 5.90. The monoisotopic (exact) mass is 339 g/mol. The van der Waals surface area contributed by atoms with E-state index < -0.39 is 0 Å². The number of carbonyl (C=O) groups excluding carboxylic acids is 1. The van der Waals surface area contributed by atoms with Gasteiger partial charge in [0.2, 0.25) is 0 Å². The molecule has 1 saturated carbocycles. The van der Waals surface area contributed by atoms with E-state index in [0.29, 0.717) is 0 Å². The van der Waals surface area contributed by atoms with Gasteiger partial charge in [0.15, 0.2) is 0 Å². The molecule has 4 rings (SSSR count). The van der Waals surface area contributed by atoms with Gasteiger partial charge in [-0.3, -0.25) is 4.98 Å². The molecule has 2 N–H and O–H groups in total. The maximum absolute atomic E-state index is 13.8. The minimum absolute atomic E-state index is 0.0993. The molecular formula is C20H22FN3O. The van der Waals surface area contributed by atoms with E-state index in [1.165, 1.54) is 11.6 Å². The minimum Gasteiger partial charge on any atom is -0.335 e. The average Bonchev–Trinajstić information content (AvgIpc) is 2.59. The van der Waals surface area contributed by atoms with Crippen molar-refractivity contribution in [1.29, 1.82) is 0 Å². The minimum atomic E-state index is -0.184. The lowest BCUT2D eigenvalue weighted by molar-refractivity contribution is 0.233. The van der Waals surface area contributed by atoms with Gasteiger partial charge in [-0.1, -0.05) is 18.2 Å². The van der Waals surface area contributed by atoms with E-state index in [2.05, 4.69) is 15.6 Å². The van der Waals surface area contributed by atoms with Crippen molar-refractivity contribution in [3.63, 3.8) is 0 Å². The smallest absolute Gasteiger partial charge is 0.319 e. The number of carbonyl (C=O) groups is 1. The standard InChI is InChI=1S/C20H22FN3O/c21-17-7-3-1-5-15(17)13-11-14(12-13)23-20(25)24-19-9-10-22-18-8-4-2-6-16(18)19/h1,3,5,7,9-10,13-14H,2,4,6,8,11-12H2,(H2,22,23,24,25). The molecule has 25 heavy (non-hydrogen) atoms. The molecule has 4 nitrogen and oxygen atoms in total. The van der Waals surface area contributed by atoms with Crippen molar-refractivity contribution >= 4 is 11.7 Å². The molecule has 1 aromatic carbocycles. The zero-order valence-corrected chi connectivity index (χ0v) is 14.1. The molecule has 1 fully saturated rings. The van der Waals surface area contributed by atoms with Crippen LogP contribution in [0, 0.1) is 5.82 Å². The lowest BCUT2D eigenvalue weighted by atomic mass is 9.76. The van der Waals surface area contributed by atoms with Crippen molar-refractivity contribution in [1.82, 2.24) is 10.3 Å². The van der Waals surface area contributed by atoms with Gasteiger partial charge in [0, 0.05) is 23.6 Å². The topological polar surface area (TPSA) is 54.0 Å². The third-order valence-electron chi connectivity index (χ3n) is 5.30. The Morgan fingerprint density at radius 1 is 1.12 bits per heavy atom. The van der Waals surface area contributed by atoms with Crippen LogP contribution in [0.2, 0.25) is 0 Å². The van der Waals surface area contributed by atoms with Gasteiger partial charge in [-0.05, 0) is 67.7 Å². The summed E-state index contributed by atoms with van der Waals surface area (Å²) in [5.74, 6) is 0.0407. The maximum Gasteiger partial charge on any atom is 0.319 e. The highest BCUT2D eigenvalue weighted by Gasteiger charge is 2.33. The fourth-order valence-corrected chi connectivity index (χ4v) is 3.88. The van der Waals surface area contributed by atoms with Crippen molar-refractivity contribution in [2.75, 3.05) is 5.32 Å². The predicted molar refractivity (Wildman–Crippen MR) is 95.2 cm³/mol. The van der Waals surface area contributed by atoms with Crippen molar-refractivity contribution in [3.8, 4) is 0 Å². The number of amides is 2. The van der Waals surface area contributed by atoms with E-state index >= 15 is 0 Å². The first-order valence-electron chi connectivity index (χ1n) is 8.99. The van der Waals surface area contributed by atoms with Crippen LogP contribution in [0.5, 0.6) is 0 Å². The van der Waals surface area contributed by atoms with Gasteiger partial charge in [0.25, 0.3) is 0 Å². The summed E-state index contributed by atoms with van der Waals surface area (Å²) in [6.07, 6.45) is 7.58. The zero-order chi connectivity index (χ0) is 17.2. The first-order valence-corrected chi connectivity index (χ1v) is 8.99. The normalized spacial score (nSPS) is 21.8. The van der Waals surface area contributed by atoms with Gasteiger partial charge in [0.1, 0.15) is 5.82 Å². The molecule has 0 atom stereocenters. The summed E-state index contributed by atoms with van der Waals surface area (Å²) in [5.41, 5.74) is 3.89. The summed E-state index contributed by atoms with van der Waals surface area (Å²) in [6.45, 7) is 0. The van der Waals surface area contributed by atoms with E-state index in [-0.39, 0.29) is 23.8 Å². The lowest BCUT2D eigenvalue weighted by Crippen LogP contribution is -2.45. The summed E-state index contributed by atoms with van der Waals surface area (Å²) >= 11 is 0. The molecule has 5 heteroatoms. The van der Waals surface area contributed by atoms with Gasteiger partial charge in [-0.15, -0.1) is 0 Å². The molecule has 1 heterocycles. The molecule has 2 aliphatic carbocycles. The Morgan fingerprint density at radius 3 is 2.76 bits per heavy atom. The van der Waals surface area contributed by atoms with E-state index in [1.54, 1.807) is 12.3 Å². The van der Waals surface area contributed by atoms with Gasteiger partial charge in [0.05, 0.1) is 0 Å². The van der Waals surface area contributed by atoms with Gasteiger partial charge >= 0.3 is 6.03 Å². The molecule has 0 unspecified atom stereocenters. The van der Waals surface area contributed by atoms with Crippen molar-refractivity contribution in [2.45, 2.75) is 50.5 Å². The number of hydrogen-bond acceptors (Lipinski definition) is 2. The van der Waals surface area contributed by atoms with E-state index in [0.717, 1.165) is 55.5 Å². The second-order valence-electron chi connectivity index (χ2n) is 6.98. The Labute approximate surface area is 146 Å². The Morgan fingerprint density at radius 2 is 1.92 bits per heavy atom. The maximum atomic E-state index is 13.8. The summed E-state index contributed by atoms with van der Waals surface area (Å²) in [4.78, 5) is 16.7. The highest BCUT2D eigenvalue weighted by Crippen LogP contribution is 2.38. The number of urea groups is 1. The lowest BCUT2D eigenvalue weighted by Gasteiger charge is -2.36. The van der Waals surface area contributed by atoms with Crippen molar-refractivity contribution < 1.29 is 9.18 Å². The number of nitrogens with zero attached hydrogens (tertiary/aromatic N) is 1. The van der Waals surface area contributed by atoms with Gasteiger partial charge in [-0.2, -0.15) is 0 Å². The number of hydrogen-bond donors (Lipinski definition) is 2. The number of benzene rings is 1. The molecule has 0 saturated heterocycles. The Kier molecular flexibility index (Phi) is 4.38. The van der Waals surface area contributed by atoms with Crippen LogP contribution in [0.1, 0.15) is 48.4 Å². The quantitative estimate of drug-likeness (QED) is 0.882. The fourth-order valence-electron chi connectivity index (χ4n) is 3.88. The third kappa shape index (κ3) is 3.36. The molecular weight excluding hydrogens is 317 g/mol. The van der Waals surface area contributed by atoms with E-state index in [9.17, 15) is 9.18 Å². The van der Waals surface area contributed by atoms with Crippen molar-refractivity contribution in [3.05, 3.63) is 59.2 Å². The number of nitrogens with one attached hydrogen (secondary N) is 2. The van der Waals surface area contributed by atoms with Crippen LogP contribution in [-0.4, -0.2) is 17.1 Å². The summed E-state index contributed by atoms with van der Waals surface area (Å²) in [5, 5.41) is 5.97. The molecule has 2 amide bonds. The Balaban J connectivity index is 1.33. The van der Waals surface area contributed by atoms with Crippen LogP contribution >= 0.6 is 0 Å². The van der Waals surface area contributed by atoms with Crippen LogP contribution in [0.3, 0.4) is 0 Å². The first-order chi connectivity index (χ1) is 12.2. The van der Waals surface area contributed by atoms with Crippen LogP contribution in [-0.2, 0) is 12.8 Å². The Bertz CT molecular complexity index is 786. The van der Waals surface area contributed by atoms with Gasteiger partial charge < -0.3 is 10.6 Å². The number of pyridine rings is 1. The number of halogens is 1. The van der Waals surface area contributed by atoms with Gasteiger partial charge in [-0.25, -0.2) is 9.18 Å². The van der Waals surface area contributed by atoms with E-state index in [1.807, 2.05) is 18.2 Å². The van der Waals surface area contributed by atoms with Crippen LogP contribution < -0.4 is 10.6 Å². The molecule has 2 aromatic rings. The molecule has 130 valence electrons.